The van der Waals surface area contributed by atoms with Gasteiger partial charge in [-0.3, -0.25) is 19.1 Å². The lowest BCUT2D eigenvalue weighted by Gasteiger charge is -2.27. The minimum absolute atomic E-state index is 0.00273. The highest BCUT2D eigenvalue weighted by Gasteiger charge is 2.38. The second-order valence-corrected chi connectivity index (χ2v) is 12.1. The number of phenolic OH excluding ortho intramolecular Hbond substituents is 1. The van der Waals surface area contributed by atoms with Gasteiger partial charge in [0.15, 0.2) is 0 Å². The summed E-state index contributed by atoms with van der Waals surface area (Å²) in [7, 11) is 0. The summed E-state index contributed by atoms with van der Waals surface area (Å²) in [5.74, 6) is -1.85. The normalized spacial score (nSPS) is 20.4. The number of nitrogens with one attached hydrogen (secondary N) is 2. The number of rotatable bonds is 10. The van der Waals surface area contributed by atoms with Crippen molar-refractivity contribution in [2.45, 2.75) is 70.7 Å². The number of hydrogen-bond donors (Lipinski definition) is 5. The van der Waals surface area contributed by atoms with Crippen molar-refractivity contribution in [1.82, 2.24) is 29.9 Å². The first kappa shape index (κ1) is 31.6. The number of aromatic amines is 1. The minimum atomic E-state index is -1.36. The maximum atomic E-state index is 13.0. The fourth-order valence-corrected chi connectivity index (χ4v) is 5.10. The Labute approximate surface area is 249 Å². The van der Waals surface area contributed by atoms with Crippen LogP contribution in [0.5, 0.6) is 5.75 Å². The van der Waals surface area contributed by atoms with E-state index in [-0.39, 0.29) is 37.4 Å². The zero-order chi connectivity index (χ0) is 30.8. The first-order valence-corrected chi connectivity index (χ1v) is 14.2. The topological polar surface area (TPSA) is 194 Å². The SMILES string of the molecule is Cc1cn([C@H]2C[C@H](n3cc(CNCC(C(=O)OC(C)(C)C)C(O)c4cc(Br)ccc4O)nn3)[C@@H](CO)O2)c(=O)[nH]c1=O. The van der Waals surface area contributed by atoms with Crippen LogP contribution >= 0.6 is 15.9 Å². The maximum absolute atomic E-state index is 13.0. The average Bonchev–Trinajstić information content (AvgIpc) is 3.55. The second-order valence-electron chi connectivity index (χ2n) is 11.2. The summed E-state index contributed by atoms with van der Waals surface area (Å²) >= 11 is 3.32. The number of carbonyl (C=O) groups is 1. The third-order valence-corrected chi connectivity index (χ3v) is 7.30. The zero-order valence-corrected chi connectivity index (χ0v) is 25.2. The number of aryl methyl sites for hydroxylation is 1. The molecule has 0 spiro atoms. The molecule has 1 aliphatic rings. The van der Waals surface area contributed by atoms with E-state index in [1.54, 1.807) is 50.7 Å². The molecule has 5 N–H and O–H groups in total. The Morgan fingerprint density at radius 3 is 2.74 bits per heavy atom. The van der Waals surface area contributed by atoms with Gasteiger partial charge in [-0.15, -0.1) is 5.10 Å². The summed E-state index contributed by atoms with van der Waals surface area (Å²) in [6, 6.07) is 4.14. The minimum Gasteiger partial charge on any atom is -0.508 e. The molecule has 14 nitrogen and oxygen atoms in total. The van der Waals surface area contributed by atoms with E-state index in [9.17, 15) is 29.7 Å². The molecule has 4 rings (SSSR count). The fourth-order valence-electron chi connectivity index (χ4n) is 4.72. The quantitative estimate of drug-likeness (QED) is 0.198. The number of ether oxygens (including phenoxy) is 2. The number of esters is 1. The Kier molecular flexibility index (Phi) is 9.67. The zero-order valence-electron chi connectivity index (χ0n) is 23.7. The van der Waals surface area contributed by atoms with Gasteiger partial charge < -0.3 is 30.1 Å². The molecule has 5 atom stereocenters. The van der Waals surface area contributed by atoms with Crippen LogP contribution in [0.25, 0.3) is 0 Å². The van der Waals surface area contributed by atoms with Crippen molar-refractivity contribution in [2.24, 2.45) is 5.92 Å². The van der Waals surface area contributed by atoms with E-state index >= 15 is 0 Å². The highest BCUT2D eigenvalue weighted by atomic mass is 79.9. The first-order valence-electron chi connectivity index (χ1n) is 13.4. The molecule has 1 saturated heterocycles. The Balaban J connectivity index is 1.46. The Hall–Kier alpha value is -3.37. The molecule has 0 radical (unpaired) electrons. The van der Waals surface area contributed by atoms with Crippen LogP contribution in [-0.4, -0.2) is 70.7 Å². The molecule has 0 bridgehead atoms. The number of phenols is 1. The first-order chi connectivity index (χ1) is 19.8. The molecule has 1 aromatic carbocycles. The largest absolute Gasteiger partial charge is 0.508 e. The van der Waals surface area contributed by atoms with Crippen LogP contribution < -0.4 is 16.6 Å². The molecule has 228 valence electrons. The molecule has 0 amide bonds. The van der Waals surface area contributed by atoms with E-state index in [1.807, 2.05) is 0 Å². The Bertz CT molecular complexity index is 1530. The second kappa shape index (κ2) is 12.9. The van der Waals surface area contributed by atoms with Gasteiger partial charge in [-0.1, -0.05) is 21.1 Å². The van der Waals surface area contributed by atoms with E-state index in [2.05, 4.69) is 36.5 Å². The predicted molar refractivity (Wildman–Crippen MR) is 153 cm³/mol. The van der Waals surface area contributed by atoms with Crippen LogP contribution in [0.2, 0.25) is 0 Å². The Morgan fingerprint density at radius 1 is 1.31 bits per heavy atom. The summed E-state index contributed by atoms with van der Waals surface area (Å²) in [6.07, 6.45) is 0.594. The molecule has 0 aliphatic carbocycles. The van der Waals surface area contributed by atoms with Crippen LogP contribution in [0.15, 0.2) is 44.7 Å². The van der Waals surface area contributed by atoms with Crippen LogP contribution in [0, 0.1) is 12.8 Å². The molecular weight excluding hydrogens is 616 g/mol. The molecule has 2 aromatic heterocycles. The van der Waals surface area contributed by atoms with Crippen LogP contribution in [0.3, 0.4) is 0 Å². The molecule has 42 heavy (non-hydrogen) atoms. The standard InChI is InChI=1S/C27H35BrN6O8/c1-14-11-33(26(40)30-24(14)38)22-8-19(21(13-35)41-22)34-12-16(31-32-34)9-29-10-18(25(39)42-27(2,3)4)23(37)17-7-15(28)5-6-20(17)36/h5-7,11-12,18-19,21-23,29,35-37H,8-10,13H2,1-4H3,(H,30,38,40)/t18?,19-,21+,22+,23?/m0/s1. The monoisotopic (exact) mass is 650 g/mol. The average molecular weight is 652 g/mol. The predicted octanol–water partition coefficient (Wildman–Crippen LogP) is 1.21. The number of nitrogens with zero attached hydrogens (tertiary/aromatic N) is 4. The van der Waals surface area contributed by atoms with Crippen molar-refractivity contribution in [3.63, 3.8) is 0 Å². The maximum Gasteiger partial charge on any atom is 0.330 e. The molecule has 1 aliphatic heterocycles. The van der Waals surface area contributed by atoms with Gasteiger partial charge in [-0.05, 0) is 45.9 Å². The summed E-state index contributed by atoms with van der Waals surface area (Å²) in [5, 5.41) is 42.8. The number of hydrogen-bond acceptors (Lipinski definition) is 11. The number of benzene rings is 1. The molecule has 1 fully saturated rings. The molecular formula is C27H35BrN6O8. The number of aromatic nitrogens is 5. The van der Waals surface area contributed by atoms with Gasteiger partial charge in [0.25, 0.3) is 5.56 Å². The number of halogens is 1. The number of aromatic hydroxyl groups is 1. The van der Waals surface area contributed by atoms with E-state index in [0.29, 0.717) is 15.7 Å². The number of aliphatic hydroxyl groups is 2. The van der Waals surface area contributed by atoms with Crippen molar-refractivity contribution in [1.29, 1.82) is 0 Å². The number of aliphatic hydroxyl groups excluding tert-OH is 2. The number of H-pyrrole nitrogens is 1. The van der Waals surface area contributed by atoms with Gasteiger partial charge >= 0.3 is 11.7 Å². The van der Waals surface area contributed by atoms with Crippen LogP contribution in [0.1, 0.15) is 62.4 Å². The Morgan fingerprint density at radius 2 is 2.05 bits per heavy atom. The van der Waals surface area contributed by atoms with Gasteiger partial charge in [-0.2, -0.15) is 0 Å². The van der Waals surface area contributed by atoms with Crippen molar-refractivity contribution in [3.8, 4) is 5.75 Å². The molecule has 15 heteroatoms. The summed E-state index contributed by atoms with van der Waals surface area (Å²) in [6.45, 7) is 6.60. The third kappa shape index (κ3) is 7.33. The lowest BCUT2D eigenvalue weighted by molar-refractivity contribution is -0.164. The van der Waals surface area contributed by atoms with E-state index in [1.165, 1.54) is 16.8 Å². The lowest BCUT2D eigenvalue weighted by Crippen LogP contribution is -2.37. The number of carbonyl (C=O) groups excluding carboxylic acids is 1. The molecule has 3 heterocycles. The summed E-state index contributed by atoms with van der Waals surface area (Å²) in [4.78, 5) is 39.4. The van der Waals surface area contributed by atoms with Gasteiger partial charge in [0.1, 0.15) is 23.7 Å². The summed E-state index contributed by atoms with van der Waals surface area (Å²) < 4.78 is 14.9. The fraction of sp³-hybridized carbons (Fsp3) is 0.519. The summed E-state index contributed by atoms with van der Waals surface area (Å²) in [5.41, 5.74) is -0.852. The van der Waals surface area contributed by atoms with Crippen molar-refractivity contribution in [2.75, 3.05) is 13.2 Å². The van der Waals surface area contributed by atoms with Gasteiger partial charge in [-0.25, -0.2) is 9.48 Å². The van der Waals surface area contributed by atoms with Gasteiger partial charge in [0.05, 0.1) is 36.6 Å². The molecule has 3 aromatic rings. The molecule has 0 saturated carbocycles. The van der Waals surface area contributed by atoms with E-state index < -0.39 is 53.2 Å². The van der Waals surface area contributed by atoms with Crippen LogP contribution in [-0.2, 0) is 20.8 Å². The van der Waals surface area contributed by atoms with Crippen molar-refractivity contribution >= 4 is 21.9 Å². The van der Waals surface area contributed by atoms with Crippen LogP contribution in [0.4, 0.5) is 0 Å². The van der Waals surface area contributed by atoms with Gasteiger partial charge in [0.2, 0.25) is 0 Å². The van der Waals surface area contributed by atoms with Crippen molar-refractivity contribution < 1.29 is 29.6 Å². The smallest absolute Gasteiger partial charge is 0.330 e. The lowest BCUT2D eigenvalue weighted by atomic mass is 9.94. The molecule has 2 unspecified atom stereocenters. The highest BCUT2D eigenvalue weighted by Crippen LogP contribution is 2.36. The highest BCUT2D eigenvalue weighted by molar-refractivity contribution is 9.10. The van der Waals surface area contributed by atoms with Crippen molar-refractivity contribution in [3.05, 3.63) is 72.7 Å². The van der Waals surface area contributed by atoms with E-state index in [0.717, 1.165) is 0 Å². The van der Waals surface area contributed by atoms with E-state index in [4.69, 9.17) is 9.47 Å². The van der Waals surface area contributed by atoms with Gasteiger partial charge in [0, 0.05) is 41.3 Å². The third-order valence-electron chi connectivity index (χ3n) is 6.81.